The summed E-state index contributed by atoms with van der Waals surface area (Å²) >= 11 is 0. The fraction of sp³-hybridized carbons (Fsp3) is 1.00. The lowest BCUT2D eigenvalue weighted by Gasteiger charge is -2.02. The van der Waals surface area contributed by atoms with Gasteiger partial charge in [-0.2, -0.15) is 0 Å². The summed E-state index contributed by atoms with van der Waals surface area (Å²) in [7, 11) is 0.744. The number of hydrogen-bond donors (Lipinski definition) is 0. The van der Waals surface area contributed by atoms with Gasteiger partial charge in [0.1, 0.15) is 0 Å². The van der Waals surface area contributed by atoms with Crippen molar-refractivity contribution in [2.45, 2.75) is 71.3 Å². The number of hydrogen-bond acceptors (Lipinski definition) is 1. The zero-order chi connectivity index (χ0) is 10.5. The molecule has 0 saturated carbocycles. The van der Waals surface area contributed by atoms with Crippen LogP contribution in [-0.4, -0.2) is 16.4 Å². The van der Waals surface area contributed by atoms with Gasteiger partial charge in [-0.15, -0.1) is 0 Å². The summed E-state index contributed by atoms with van der Waals surface area (Å²) in [6.45, 7) is 5.47. The van der Waals surface area contributed by atoms with Crippen LogP contribution in [0, 0.1) is 0 Å². The third kappa shape index (κ3) is 12.2. The Kier molecular flexibility index (Phi) is 13.3. The molecule has 0 bridgehead atoms. The first-order valence-electron chi connectivity index (χ1n) is 6.26. The Morgan fingerprint density at radius 3 is 2.07 bits per heavy atom. The summed E-state index contributed by atoms with van der Waals surface area (Å²) < 4.78 is 5.53. The van der Waals surface area contributed by atoms with Crippen molar-refractivity contribution in [2.24, 2.45) is 0 Å². The molecule has 0 aromatic heterocycles. The van der Waals surface area contributed by atoms with Crippen LogP contribution in [0.1, 0.15) is 65.2 Å². The first-order chi connectivity index (χ1) is 6.91. The molecule has 0 fully saturated rings. The monoisotopic (exact) mass is 214 g/mol. The molecular weight excluding hydrogens is 188 g/mol. The van der Waals surface area contributed by atoms with Gasteiger partial charge < -0.3 is 4.43 Å². The molecule has 0 saturated heterocycles. The Labute approximate surface area is 92.6 Å². The minimum atomic E-state index is 0.744. The van der Waals surface area contributed by atoms with Crippen molar-refractivity contribution in [3.63, 3.8) is 0 Å². The van der Waals surface area contributed by atoms with Crippen molar-refractivity contribution in [1.29, 1.82) is 0 Å². The highest BCUT2D eigenvalue weighted by Gasteiger charge is 1.92. The maximum Gasteiger partial charge on any atom is 0.229 e. The molecular formula is C12H26OSi. The lowest BCUT2D eigenvalue weighted by atomic mass is 10.1. The van der Waals surface area contributed by atoms with Gasteiger partial charge in [0.15, 0.2) is 0 Å². The van der Waals surface area contributed by atoms with Crippen molar-refractivity contribution < 1.29 is 4.43 Å². The average molecular weight is 214 g/mol. The van der Waals surface area contributed by atoms with Crippen molar-refractivity contribution in [1.82, 2.24) is 0 Å². The summed E-state index contributed by atoms with van der Waals surface area (Å²) in [5.41, 5.74) is 0. The van der Waals surface area contributed by atoms with Gasteiger partial charge in [-0.05, 0) is 12.5 Å². The largest absolute Gasteiger partial charge is 0.417 e. The molecule has 0 aromatic rings. The van der Waals surface area contributed by atoms with E-state index in [0.717, 1.165) is 16.4 Å². The van der Waals surface area contributed by atoms with E-state index in [1.54, 1.807) is 0 Å². The van der Waals surface area contributed by atoms with Crippen LogP contribution in [0.5, 0.6) is 0 Å². The quantitative estimate of drug-likeness (QED) is 0.370. The normalized spacial score (nSPS) is 10.7. The predicted octanol–water partition coefficient (Wildman–Crippen LogP) is 4.20. The average Bonchev–Trinajstić information content (AvgIpc) is 2.21. The Balaban J connectivity index is 2.78. The highest BCUT2D eigenvalue weighted by atomic mass is 28.2. The van der Waals surface area contributed by atoms with Crippen LogP contribution in [0.3, 0.4) is 0 Å². The van der Waals surface area contributed by atoms with Gasteiger partial charge in [-0.25, -0.2) is 0 Å². The van der Waals surface area contributed by atoms with Crippen LogP contribution in [0.15, 0.2) is 0 Å². The first-order valence-corrected chi connectivity index (χ1v) is 7.38. The third-order valence-corrected chi connectivity index (χ3v) is 3.42. The summed E-state index contributed by atoms with van der Waals surface area (Å²) in [4.78, 5) is 0. The molecule has 14 heavy (non-hydrogen) atoms. The summed E-state index contributed by atoms with van der Waals surface area (Å²) in [5.74, 6) is 0. The van der Waals surface area contributed by atoms with Crippen LogP contribution in [-0.2, 0) is 4.43 Å². The Morgan fingerprint density at radius 2 is 1.43 bits per heavy atom. The molecule has 0 atom stereocenters. The lowest BCUT2D eigenvalue weighted by molar-refractivity contribution is 0.319. The van der Waals surface area contributed by atoms with Crippen molar-refractivity contribution in [3.8, 4) is 0 Å². The fourth-order valence-electron chi connectivity index (χ4n) is 1.38. The van der Waals surface area contributed by atoms with Crippen molar-refractivity contribution in [2.75, 3.05) is 6.61 Å². The predicted molar refractivity (Wildman–Crippen MR) is 64.8 cm³/mol. The van der Waals surface area contributed by atoms with E-state index in [1.165, 1.54) is 57.4 Å². The first kappa shape index (κ1) is 14.2. The minimum absolute atomic E-state index is 0.744. The van der Waals surface area contributed by atoms with E-state index in [-0.39, 0.29) is 0 Å². The molecule has 0 N–H and O–H groups in total. The molecule has 0 aromatic carbocycles. The zero-order valence-corrected chi connectivity index (χ0v) is 11.0. The zero-order valence-electron chi connectivity index (χ0n) is 9.98. The summed E-state index contributed by atoms with van der Waals surface area (Å²) in [6, 6.07) is 1.25. The smallest absolute Gasteiger partial charge is 0.229 e. The molecule has 0 amide bonds. The van der Waals surface area contributed by atoms with Gasteiger partial charge in [0.2, 0.25) is 9.76 Å². The molecule has 1 nitrogen and oxygen atoms in total. The molecule has 0 aliphatic heterocycles. The Bertz CT molecular complexity index is 84.3. The van der Waals surface area contributed by atoms with E-state index in [9.17, 15) is 0 Å². The van der Waals surface area contributed by atoms with Gasteiger partial charge >= 0.3 is 0 Å². The summed E-state index contributed by atoms with van der Waals surface area (Å²) in [5, 5.41) is 0. The van der Waals surface area contributed by atoms with Crippen molar-refractivity contribution >= 4 is 9.76 Å². The van der Waals surface area contributed by atoms with E-state index in [4.69, 9.17) is 4.43 Å². The fourth-order valence-corrected chi connectivity index (χ4v) is 2.01. The second-order valence-electron chi connectivity index (χ2n) is 3.86. The lowest BCUT2D eigenvalue weighted by Crippen LogP contribution is -1.99. The van der Waals surface area contributed by atoms with E-state index in [1.807, 2.05) is 0 Å². The van der Waals surface area contributed by atoms with E-state index in [2.05, 4.69) is 13.8 Å². The SMILES string of the molecule is CCCCCCCCCO[Si]CCC. The highest BCUT2D eigenvalue weighted by molar-refractivity contribution is 6.26. The molecule has 0 heterocycles. The van der Waals surface area contributed by atoms with E-state index < -0.39 is 0 Å². The van der Waals surface area contributed by atoms with E-state index in [0.29, 0.717) is 0 Å². The second-order valence-corrected chi connectivity index (χ2v) is 4.94. The molecule has 2 radical (unpaired) electrons. The Morgan fingerprint density at radius 1 is 0.786 bits per heavy atom. The van der Waals surface area contributed by atoms with Gasteiger partial charge in [0, 0.05) is 6.61 Å². The maximum atomic E-state index is 5.53. The molecule has 0 unspecified atom stereocenters. The van der Waals surface area contributed by atoms with E-state index >= 15 is 0 Å². The van der Waals surface area contributed by atoms with Crippen LogP contribution >= 0.6 is 0 Å². The Hall–Kier alpha value is 0.177. The molecule has 84 valence electrons. The number of rotatable bonds is 11. The maximum absolute atomic E-state index is 5.53. The second kappa shape index (κ2) is 13.2. The third-order valence-electron chi connectivity index (χ3n) is 2.30. The van der Waals surface area contributed by atoms with Crippen molar-refractivity contribution in [3.05, 3.63) is 0 Å². The molecule has 0 rings (SSSR count). The minimum Gasteiger partial charge on any atom is -0.417 e. The number of unbranched alkanes of at least 4 members (excludes halogenated alkanes) is 6. The topological polar surface area (TPSA) is 9.23 Å². The standard InChI is InChI=1S/C12H26OSi/c1-3-5-6-7-8-9-10-11-13-14-12-4-2/h3-12H2,1-2H3. The van der Waals surface area contributed by atoms with Gasteiger partial charge in [0.05, 0.1) is 0 Å². The molecule has 0 aliphatic carbocycles. The molecule has 0 spiro atoms. The van der Waals surface area contributed by atoms with Gasteiger partial charge in [0.25, 0.3) is 0 Å². The van der Waals surface area contributed by atoms with Gasteiger partial charge in [-0.3, -0.25) is 0 Å². The highest BCUT2D eigenvalue weighted by Crippen LogP contribution is 2.06. The van der Waals surface area contributed by atoms with Crippen LogP contribution < -0.4 is 0 Å². The molecule has 0 aliphatic rings. The van der Waals surface area contributed by atoms with Gasteiger partial charge in [-0.1, -0.05) is 58.8 Å². The van der Waals surface area contributed by atoms with Crippen LogP contribution in [0.2, 0.25) is 6.04 Å². The van der Waals surface area contributed by atoms with Crippen LogP contribution in [0.25, 0.3) is 0 Å². The van der Waals surface area contributed by atoms with Crippen LogP contribution in [0.4, 0.5) is 0 Å². The summed E-state index contributed by atoms with van der Waals surface area (Å²) in [6.07, 6.45) is 10.9. The molecule has 2 heteroatoms.